The lowest BCUT2D eigenvalue weighted by atomic mass is 10.3. The molecule has 17 heavy (non-hydrogen) atoms. The second-order valence-electron chi connectivity index (χ2n) is 2.64. The minimum Gasteiger partial charge on any atom is -0.435 e. The summed E-state index contributed by atoms with van der Waals surface area (Å²) in [6.45, 7) is -3.32. The first-order chi connectivity index (χ1) is 7.69. The van der Waals surface area contributed by atoms with Gasteiger partial charge in [0, 0.05) is 12.1 Å². The maximum Gasteiger partial charge on any atom is 0.446 e. The maximum atomic E-state index is 13.0. The molecule has 0 unspecified atom stereocenters. The van der Waals surface area contributed by atoms with Crippen molar-refractivity contribution in [1.29, 1.82) is 0 Å². The Morgan fingerprint density at radius 1 is 1.06 bits per heavy atom. The van der Waals surface area contributed by atoms with Crippen LogP contribution in [-0.2, 0) is 0 Å². The topological polar surface area (TPSA) is 9.23 Å². The van der Waals surface area contributed by atoms with Gasteiger partial charge in [-0.3, -0.25) is 0 Å². The number of benzene rings is 1. The molecule has 0 aliphatic rings. The smallest absolute Gasteiger partial charge is 0.435 e. The van der Waals surface area contributed by atoms with Gasteiger partial charge in [-0.1, -0.05) is 0 Å². The van der Waals surface area contributed by atoms with Crippen LogP contribution in [0, 0.1) is 11.6 Å². The Morgan fingerprint density at radius 3 is 1.88 bits per heavy atom. The molecule has 1 nitrogen and oxygen atoms in total. The monoisotopic (exact) mass is 280 g/mol. The van der Waals surface area contributed by atoms with E-state index in [1.807, 2.05) is 0 Å². The van der Waals surface area contributed by atoms with Crippen molar-refractivity contribution in [2.45, 2.75) is 17.0 Å². The lowest BCUT2D eigenvalue weighted by molar-refractivity contribution is -0.0503. The predicted molar refractivity (Wildman–Crippen MR) is 44.9 cm³/mol. The number of rotatable bonds is 3. The van der Waals surface area contributed by atoms with E-state index in [0.717, 1.165) is 0 Å². The molecule has 0 spiro atoms. The van der Waals surface area contributed by atoms with Crippen molar-refractivity contribution < 1.29 is 35.5 Å². The van der Waals surface area contributed by atoms with Gasteiger partial charge in [0.15, 0.2) is 0 Å². The molecule has 1 aromatic rings. The molecule has 0 atom stereocenters. The van der Waals surface area contributed by atoms with Crippen LogP contribution in [0.2, 0.25) is 0 Å². The number of hydrogen-bond donors (Lipinski definition) is 0. The van der Waals surface area contributed by atoms with Gasteiger partial charge in [-0.05, 0) is 11.8 Å². The highest BCUT2D eigenvalue weighted by molar-refractivity contribution is 8.00. The first-order valence-corrected chi connectivity index (χ1v) is 4.70. The molecule has 0 fully saturated rings. The predicted octanol–water partition coefficient (Wildman–Crippen LogP) is 4.18. The fourth-order valence-corrected chi connectivity index (χ4v) is 1.47. The third-order valence-electron chi connectivity index (χ3n) is 1.41. The van der Waals surface area contributed by atoms with E-state index >= 15 is 0 Å². The van der Waals surface area contributed by atoms with E-state index in [1.165, 1.54) is 0 Å². The Bertz CT molecular complexity index is 380. The summed E-state index contributed by atoms with van der Waals surface area (Å²) in [5, 5.41) is 0. The fourth-order valence-electron chi connectivity index (χ4n) is 0.921. The van der Waals surface area contributed by atoms with Crippen LogP contribution in [0.25, 0.3) is 0 Å². The highest BCUT2D eigenvalue weighted by atomic mass is 32.2. The van der Waals surface area contributed by atoms with Crippen molar-refractivity contribution in [3.8, 4) is 5.75 Å². The number of halogens is 7. The molecule has 1 rings (SSSR count). The Balaban J connectivity index is 3.02. The number of ether oxygens (including phenoxy) is 1. The van der Waals surface area contributed by atoms with Crippen LogP contribution in [0.5, 0.6) is 5.75 Å². The zero-order valence-corrected chi connectivity index (χ0v) is 8.51. The number of hydrogen-bond acceptors (Lipinski definition) is 2. The van der Waals surface area contributed by atoms with E-state index in [1.54, 1.807) is 0 Å². The Labute approximate surface area is 94.6 Å². The van der Waals surface area contributed by atoms with Crippen LogP contribution in [-0.4, -0.2) is 12.1 Å². The third kappa shape index (κ3) is 4.33. The SMILES string of the molecule is Fc1cc(OC(F)F)cc(F)c1SC(F)(F)F. The van der Waals surface area contributed by atoms with Gasteiger partial charge in [-0.15, -0.1) is 0 Å². The summed E-state index contributed by atoms with van der Waals surface area (Å²) in [4.78, 5) is -1.32. The van der Waals surface area contributed by atoms with Gasteiger partial charge < -0.3 is 4.74 Å². The first-order valence-electron chi connectivity index (χ1n) is 3.88. The second kappa shape index (κ2) is 5.03. The minimum atomic E-state index is -4.88. The summed E-state index contributed by atoms with van der Waals surface area (Å²) in [5.74, 6) is -4.13. The summed E-state index contributed by atoms with van der Waals surface area (Å²) >= 11 is -1.01. The highest BCUT2D eigenvalue weighted by Gasteiger charge is 2.33. The molecule has 96 valence electrons. The Kier molecular flexibility index (Phi) is 4.12. The van der Waals surface area contributed by atoms with Crippen LogP contribution in [0.3, 0.4) is 0 Å². The quantitative estimate of drug-likeness (QED) is 0.607. The largest absolute Gasteiger partial charge is 0.446 e. The van der Waals surface area contributed by atoms with Crippen molar-refractivity contribution >= 4 is 11.8 Å². The molecule has 0 aliphatic carbocycles. The average Bonchev–Trinajstić information content (AvgIpc) is 2.08. The lowest BCUT2D eigenvalue weighted by Crippen LogP contribution is -2.05. The third-order valence-corrected chi connectivity index (χ3v) is 2.24. The molecular weight excluding hydrogens is 277 g/mol. The van der Waals surface area contributed by atoms with Gasteiger partial charge in [0.25, 0.3) is 0 Å². The van der Waals surface area contributed by atoms with Crippen molar-refractivity contribution in [3.63, 3.8) is 0 Å². The summed E-state index contributed by atoms with van der Waals surface area (Å²) < 4.78 is 88.7. The molecule has 1 aromatic carbocycles. The van der Waals surface area contributed by atoms with Crippen molar-refractivity contribution in [1.82, 2.24) is 0 Å². The van der Waals surface area contributed by atoms with Crippen LogP contribution >= 0.6 is 11.8 Å². The Hall–Kier alpha value is -1.12. The van der Waals surface area contributed by atoms with Gasteiger partial charge in [-0.2, -0.15) is 22.0 Å². The molecule has 0 saturated carbocycles. The van der Waals surface area contributed by atoms with Gasteiger partial charge >= 0.3 is 12.1 Å². The summed E-state index contributed by atoms with van der Waals surface area (Å²) in [7, 11) is 0. The van der Waals surface area contributed by atoms with Crippen molar-refractivity contribution in [2.75, 3.05) is 0 Å². The van der Waals surface area contributed by atoms with Crippen molar-refractivity contribution in [2.24, 2.45) is 0 Å². The maximum absolute atomic E-state index is 13.0. The zero-order valence-electron chi connectivity index (χ0n) is 7.69. The van der Waals surface area contributed by atoms with E-state index in [2.05, 4.69) is 4.74 Å². The van der Waals surface area contributed by atoms with E-state index in [4.69, 9.17) is 0 Å². The fraction of sp³-hybridized carbons (Fsp3) is 0.250. The van der Waals surface area contributed by atoms with Crippen molar-refractivity contribution in [3.05, 3.63) is 23.8 Å². The minimum absolute atomic E-state index is 0.253. The molecule has 0 N–H and O–H groups in total. The molecule has 0 bridgehead atoms. The van der Waals surface area contributed by atoms with Crippen LogP contribution in [0.1, 0.15) is 0 Å². The van der Waals surface area contributed by atoms with Gasteiger partial charge in [0.1, 0.15) is 17.4 Å². The van der Waals surface area contributed by atoms with Crippen LogP contribution in [0.4, 0.5) is 30.7 Å². The number of thioether (sulfide) groups is 1. The average molecular weight is 280 g/mol. The van der Waals surface area contributed by atoms with Gasteiger partial charge in [0.05, 0.1) is 4.90 Å². The lowest BCUT2D eigenvalue weighted by Gasteiger charge is -2.10. The molecule has 0 amide bonds. The molecular formula is C8H3F7OS. The molecule has 0 aliphatic heterocycles. The first kappa shape index (κ1) is 13.9. The molecule has 0 saturated heterocycles. The normalized spacial score (nSPS) is 12.0. The molecule has 0 radical (unpaired) electrons. The van der Waals surface area contributed by atoms with E-state index in [0.29, 0.717) is 0 Å². The standard InChI is InChI=1S/C8H3F7OS/c9-4-1-3(16-7(11)12)2-5(10)6(4)17-8(13,14)15/h1-2,7H. The number of alkyl halides is 5. The molecule has 0 aromatic heterocycles. The summed E-state index contributed by atoms with van der Waals surface area (Å²) in [6, 6.07) is 0.507. The second-order valence-corrected chi connectivity index (χ2v) is 3.72. The summed E-state index contributed by atoms with van der Waals surface area (Å²) in [6.07, 6.45) is 0. The Morgan fingerprint density at radius 2 is 1.53 bits per heavy atom. The van der Waals surface area contributed by atoms with Crippen LogP contribution < -0.4 is 4.74 Å². The summed E-state index contributed by atoms with van der Waals surface area (Å²) in [5.41, 5.74) is -4.88. The van der Waals surface area contributed by atoms with E-state index < -0.39 is 46.2 Å². The molecule has 0 heterocycles. The van der Waals surface area contributed by atoms with Gasteiger partial charge in [0.2, 0.25) is 0 Å². The molecule has 9 heteroatoms. The van der Waals surface area contributed by atoms with E-state index in [-0.39, 0.29) is 12.1 Å². The highest BCUT2D eigenvalue weighted by Crippen LogP contribution is 2.40. The van der Waals surface area contributed by atoms with Crippen LogP contribution in [0.15, 0.2) is 17.0 Å². The van der Waals surface area contributed by atoms with Gasteiger partial charge in [-0.25, -0.2) is 8.78 Å². The zero-order chi connectivity index (χ0) is 13.2. The van der Waals surface area contributed by atoms with E-state index in [9.17, 15) is 30.7 Å².